The van der Waals surface area contributed by atoms with Crippen molar-refractivity contribution in [3.8, 4) is 0 Å². The van der Waals surface area contributed by atoms with Crippen LogP contribution in [0, 0.1) is 13.8 Å². The van der Waals surface area contributed by atoms with Gasteiger partial charge in [-0.3, -0.25) is 0 Å². The molecule has 0 fully saturated rings. The van der Waals surface area contributed by atoms with Crippen LogP contribution < -0.4 is 0 Å². The summed E-state index contributed by atoms with van der Waals surface area (Å²) >= 11 is 0. The van der Waals surface area contributed by atoms with Crippen LogP contribution in [0.1, 0.15) is 29.2 Å². The van der Waals surface area contributed by atoms with Crippen LogP contribution in [0.25, 0.3) is 0 Å². The van der Waals surface area contributed by atoms with E-state index in [9.17, 15) is 5.11 Å². The summed E-state index contributed by atoms with van der Waals surface area (Å²) in [5.41, 5.74) is 3.19. The van der Waals surface area contributed by atoms with Gasteiger partial charge in [0.05, 0.1) is 6.10 Å². The zero-order chi connectivity index (χ0) is 9.84. The Bertz CT molecular complexity index is 261. The molecule has 0 aliphatic carbocycles. The first kappa shape index (κ1) is 10.2. The Labute approximate surface area is 78.8 Å². The summed E-state index contributed by atoms with van der Waals surface area (Å²) in [6.07, 6.45) is -0.133. The standard InChI is InChI=1S/C11H16O2/c1-8-5-9(2)7-10(6-8)11(13)3-4-12/h5-7,11-13H,3-4H2,1-2H3/t11-/m0/s1. The second-order valence-corrected chi connectivity index (χ2v) is 3.45. The Morgan fingerprint density at radius 1 is 1.15 bits per heavy atom. The Morgan fingerprint density at radius 3 is 2.15 bits per heavy atom. The molecule has 0 saturated carbocycles. The molecule has 0 radical (unpaired) electrons. The number of aliphatic hydroxyl groups excluding tert-OH is 2. The normalized spacial score (nSPS) is 12.9. The third-order valence-corrected chi connectivity index (χ3v) is 2.03. The van der Waals surface area contributed by atoms with Gasteiger partial charge in [-0.05, 0) is 19.4 Å². The number of rotatable bonds is 3. The molecule has 13 heavy (non-hydrogen) atoms. The lowest BCUT2D eigenvalue weighted by Gasteiger charge is -2.10. The van der Waals surface area contributed by atoms with Crippen LogP contribution in [0.4, 0.5) is 0 Å². The monoisotopic (exact) mass is 180 g/mol. The van der Waals surface area contributed by atoms with Crippen LogP contribution in [-0.2, 0) is 0 Å². The molecular formula is C11H16O2. The van der Waals surface area contributed by atoms with Gasteiger partial charge in [-0.25, -0.2) is 0 Å². The highest BCUT2D eigenvalue weighted by Crippen LogP contribution is 2.19. The quantitative estimate of drug-likeness (QED) is 0.743. The van der Waals surface area contributed by atoms with Crippen LogP contribution in [0.3, 0.4) is 0 Å². The second-order valence-electron chi connectivity index (χ2n) is 3.45. The number of hydrogen-bond acceptors (Lipinski definition) is 2. The largest absolute Gasteiger partial charge is 0.396 e. The number of aryl methyl sites for hydroxylation is 2. The molecule has 0 amide bonds. The van der Waals surface area contributed by atoms with Crippen LogP contribution in [0.5, 0.6) is 0 Å². The molecule has 1 aromatic carbocycles. The van der Waals surface area contributed by atoms with Gasteiger partial charge in [0.15, 0.2) is 0 Å². The molecule has 2 nitrogen and oxygen atoms in total. The Morgan fingerprint density at radius 2 is 1.69 bits per heavy atom. The zero-order valence-electron chi connectivity index (χ0n) is 8.12. The molecule has 0 aliphatic heterocycles. The van der Waals surface area contributed by atoms with Crippen molar-refractivity contribution in [1.29, 1.82) is 0 Å². The molecule has 0 heterocycles. The average Bonchev–Trinajstić information content (AvgIpc) is 2.03. The lowest BCUT2D eigenvalue weighted by molar-refractivity contribution is 0.134. The first-order valence-corrected chi connectivity index (χ1v) is 4.50. The fourth-order valence-corrected chi connectivity index (χ4v) is 1.49. The Hall–Kier alpha value is -0.860. The van der Waals surface area contributed by atoms with Gasteiger partial charge in [0.25, 0.3) is 0 Å². The van der Waals surface area contributed by atoms with Gasteiger partial charge >= 0.3 is 0 Å². The van der Waals surface area contributed by atoms with Gasteiger partial charge in [0, 0.05) is 13.0 Å². The summed E-state index contributed by atoms with van der Waals surface area (Å²) in [7, 11) is 0. The van der Waals surface area contributed by atoms with Gasteiger partial charge in [0.2, 0.25) is 0 Å². The lowest BCUT2D eigenvalue weighted by Crippen LogP contribution is -2.00. The first-order chi connectivity index (χ1) is 6.13. The SMILES string of the molecule is Cc1cc(C)cc([C@@H](O)CCO)c1. The van der Waals surface area contributed by atoms with E-state index in [-0.39, 0.29) is 6.61 Å². The maximum Gasteiger partial charge on any atom is 0.0812 e. The van der Waals surface area contributed by atoms with Crippen LogP contribution in [0.15, 0.2) is 18.2 Å². The van der Waals surface area contributed by atoms with Crippen molar-refractivity contribution in [3.05, 3.63) is 34.9 Å². The molecule has 0 saturated heterocycles. The van der Waals surface area contributed by atoms with E-state index in [4.69, 9.17) is 5.11 Å². The van der Waals surface area contributed by atoms with Crippen molar-refractivity contribution in [3.63, 3.8) is 0 Å². The van der Waals surface area contributed by atoms with E-state index in [1.165, 1.54) is 0 Å². The number of aliphatic hydroxyl groups is 2. The molecule has 1 aromatic rings. The predicted octanol–water partition coefficient (Wildman–Crippen LogP) is 1.72. The summed E-state index contributed by atoms with van der Waals surface area (Å²) in [5, 5.41) is 18.3. The summed E-state index contributed by atoms with van der Waals surface area (Å²) in [6, 6.07) is 5.97. The molecule has 2 heteroatoms. The van der Waals surface area contributed by atoms with Gasteiger partial charge in [0.1, 0.15) is 0 Å². The van der Waals surface area contributed by atoms with E-state index in [0.29, 0.717) is 6.42 Å². The van der Waals surface area contributed by atoms with Crippen molar-refractivity contribution in [2.45, 2.75) is 26.4 Å². The maximum absolute atomic E-state index is 9.61. The van der Waals surface area contributed by atoms with Gasteiger partial charge < -0.3 is 10.2 Å². The average molecular weight is 180 g/mol. The zero-order valence-corrected chi connectivity index (χ0v) is 8.12. The minimum atomic E-state index is -0.538. The van der Waals surface area contributed by atoms with E-state index in [1.807, 2.05) is 26.0 Å². The maximum atomic E-state index is 9.61. The highest BCUT2D eigenvalue weighted by atomic mass is 16.3. The van der Waals surface area contributed by atoms with Gasteiger partial charge in [-0.15, -0.1) is 0 Å². The minimum absolute atomic E-state index is 0.0220. The summed E-state index contributed by atoms with van der Waals surface area (Å²) in [4.78, 5) is 0. The minimum Gasteiger partial charge on any atom is -0.396 e. The summed E-state index contributed by atoms with van der Waals surface area (Å²) in [5.74, 6) is 0. The molecule has 1 rings (SSSR count). The fourth-order valence-electron chi connectivity index (χ4n) is 1.49. The van der Waals surface area contributed by atoms with E-state index in [1.54, 1.807) is 0 Å². The molecule has 0 aromatic heterocycles. The molecule has 0 unspecified atom stereocenters. The molecule has 0 aliphatic rings. The van der Waals surface area contributed by atoms with Gasteiger partial charge in [-0.1, -0.05) is 29.3 Å². The molecule has 1 atom stereocenters. The van der Waals surface area contributed by atoms with Crippen molar-refractivity contribution >= 4 is 0 Å². The Kier molecular flexibility index (Phi) is 3.46. The lowest BCUT2D eigenvalue weighted by atomic mass is 10.0. The summed E-state index contributed by atoms with van der Waals surface area (Å²) in [6.45, 7) is 4.03. The topological polar surface area (TPSA) is 40.5 Å². The fraction of sp³-hybridized carbons (Fsp3) is 0.455. The molecular weight excluding hydrogens is 164 g/mol. The molecule has 72 valence electrons. The van der Waals surface area contributed by atoms with Crippen LogP contribution in [0.2, 0.25) is 0 Å². The van der Waals surface area contributed by atoms with E-state index >= 15 is 0 Å². The Balaban J connectivity index is 2.87. The third-order valence-electron chi connectivity index (χ3n) is 2.03. The van der Waals surface area contributed by atoms with Crippen molar-refractivity contribution in [1.82, 2.24) is 0 Å². The highest BCUT2D eigenvalue weighted by molar-refractivity contribution is 5.29. The first-order valence-electron chi connectivity index (χ1n) is 4.50. The third kappa shape index (κ3) is 2.83. The smallest absolute Gasteiger partial charge is 0.0812 e. The molecule has 0 bridgehead atoms. The van der Waals surface area contributed by atoms with Crippen molar-refractivity contribution < 1.29 is 10.2 Å². The predicted molar refractivity (Wildman–Crippen MR) is 52.6 cm³/mol. The van der Waals surface area contributed by atoms with E-state index in [2.05, 4.69) is 6.07 Å². The van der Waals surface area contributed by atoms with Crippen molar-refractivity contribution in [2.24, 2.45) is 0 Å². The summed E-state index contributed by atoms with van der Waals surface area (Å²) < 4.78 is 0. The second kappa shape index (κ2) is 4.40. The van der Waals surface area contributed by atoms with Crippen LogP contribution >= 0.6 is 0 Å². The van der Waals surface area contributed by atoms with Crippen molar-refractivity contribution in [2.75, 3.05) is 6.61 Å². The van der Waals surface area contributed by atoms with E-state index < -0.39 is 6.10 Å². The molecule has 0 spiro atoms. The van der Waals surface area contributed by atoms with E-state index in [0.717, 1.165) is 16.7 Å². The number of hydrogen-bond donors (Lipinski definition) is 2. The van der Waals surface area contributed by atoms with Gasteiger partial charge in [-0.2, -0.15) is 0 Å². The van der Waals surface area contributed by atoms with Crippen LogP contribution in [-0.4, -0.2) is 16.8 Å². The molecule has 2 N–H and O–H groups in total. The number of benzene rings is 1. The highest BCUT2D eigenvalue weighted by Gasteiger charge is 2.06.